The zero-order valence-electron chi connectivity index (χ0n) is 8.70. The van der Waals surface area contributed by atoms with Crippen molar-refractivity contribution >= 4 is 33.6 Å². The second kappa shape index (κ2) is 3.97. The first-order chi connectivity index (χ1) is 7.54. The van der Waals surface area contributed by atoms with Crippen LogP contribution in [0.25, 0.3) is 11.0 Å². The maximum atomic E-state index is 11.3. The number of phenolic OH excluding ortho intramolecular Hbond substituents is 1. The van der Waals surface area contributed by atoms with E-state index in [1.54, 1.807) is 6.92 Å². The summed E-state index contributed by atoms with van der Waals surface area (Å²) in [4.78, 5) is 11.3. The Kier molecular flexibility index (Phi) is 2.79. The molecule has 0 spiro atoms. The van der Waals surface area contributed by atoms with Crippen molar-refractivity contribution in [3.63, 3.8) is 0 Å². The van der Waals surface area contributed by atoms with Crippen LogP contribution in [0.2, 0.25) is 0 Å². The van der Waals surface area contributed by atoms with Crippen molar-refractivity contribution in [2.24, 2.45) is 0 Å². The summed E-state index contributed by atoms with van der Waals surface area (Å²) >= 11 is 1.98. The third-order valence-corrected chi connectivity index (χ3v) is 3.30. The van der Waals surface area contributed by atoms with Gasteiger partial charge in [-0.15, -0.1) is 0 Å². The molecular formula is C11H9IO4. The smallest absolute Gasteiger partial charge is 0.336 e. The van der Waals surface area contributed by atoms with Gasteiger partial charge >= 0.3 is 5.63 Å². The van der Waals surface area contributed by atoms with Gasteiger partial charge in [0.05, 0.1) is 7.11 Å². The number of fused-ring (bicyclic) bond motifs is 1. The van der Waals surface area contributed by atoms with Gasteiger partial charge in [-0.25, -0.2) is 4.79 Å². The minimum Gasteiger partial charge on any atom is -0.504 e. The van der Waals surface area contributed by atoms with Crippen molar-refractivity contribution in [3.05, 3.63) is 31.7 Å². The third kappa shape index (κ3) is 1.64. The Bertz CT molecular complexity index is 615. The molecule has 0 aliphatic carbocycles. The van der Waals surface area contributed by atoms with Gasteiger partial charge in [-0.1, -0.05) is 0 Å². The third-order valence-electron chi connectivity index (χ3n) is 2.32. The molecule has 0 aliphatic heterocycles. The van der Waals surface area contributed by atoms with Crippen LogP contribution in [0.3, 0.4) is 0 Å². The van der Waals surface area contributed by atoms with Crippen LogP contribution in [-0.4, -0.2) is 12.2 Å². The molecule has 84 valence electrons. The first kappa shape index (κ1) is 11.3. The SMILES string of the molecule is COc1c(O)cc2c(C)cc(=O)oc2c1I. The first-order valence-electron chi connectivity index (χ1n) is 4.54. The zero-order valence-corrected chi connectivity index (χ0v) is 10.9. The van der Waals surface area contributed by atoms with Crippen LogP contribution in [0.5, 0.6) is 11.5 Å². The lowest BCUT2D eigenvalue weighted by Gasteiger charge is -2.09. The number of aryl methyl sites for hydroxylation is 1. The van der Waals surface area contributed by atoms with E-state index in [0.29, 0.717) is 20.3 Å². The molecule has 4 nitrogen and oxygen atoms in total. The highest BCUT2D eigenvalue weighted by Crippen LogP contribution is 2.37. The van der Waals surface area contributed by atoms with Gasteiger partial charge in [-0.3, -0.25) is 0 Å². The molecule has 1 aromatic carbocycles. The molecule has 1 heterocycles. The highest BCUT2D eigenvalue weighted by molar-refractivity contribution is 14.1. The Hall–Kier alpha value is -1.24. The molecule has 1 N–H and O–H groups in total. The summed E-state index contributed by atoms with van der Waals surface area (Å²) in [5.41, 5.74) is 0.804. The molecule has 0 fully saturated rings. The standard InChI is InChI=1S/C11H9IO4/c1-5-3-8(14)16-10-6(5)4-7(13)11(15-2)9(10)12/h3-4,13H,1-2H3. The molecule has 0 saturated carbocycles. The lowest BCUT2D eigenvalue weighted by Crippen LogP contribution is -2.00. The fraction of sp³-hybridized carbons (Fsp3) is 0.182. The van der Waals surface area contributed by atoms with E-state index in [-0.39, 0.29) is 5.75 Å². The first-order valence-corrected chi connectivity index (χ1v) is 5.62. The number of rotatable bonds is 1. The second-order valence-electron chi connectivity index (χ2n) is 3.37. The predicted octanol–water partition coefficient (Wildman–Crippen LogP) is 2.42. The monoisotopic (exact) mass is 332 g/mol. The Balaban J connectivity index is 2.99. The Morgan fingerprint density at radius 2 is 2.12 bits per heavy atom. The van der Waals surface area contributed by atoms with E-state index in [1.807, 2.05) is 22.6 Å². The molecular weight excluding hydrogens is 323 g/mol. The van der Waals surface area contributed by atoms with Crippen LogP contribution in [0.1, 0.15) is 5.56 Å². The fourth-order valence-corrected chi connectivity index (χ4v) is 2.47. The highest BCUT2D eigenvalue weighted by atomic mass is 127. The molecule has 0 saturated heterocycles. The van der Waals surface area contributed by atoms with Crippen molar-refractivity contribution in [1.82, 2.24) is 0 Å². The summed E-state index contributed by atoms with van der Waals surface area (Å²) < 4.78 is 10.8. The van der Waals surface area contributed by atoms with Gasteiger partial charge in [0, 0.05) is 11.5 Å². The second-order valence-corrected chi connectivity index (χ2v) is 4.45. The average Bonchev–Trinajstić information content (AvgIpc) is 2.21. The quantitative estimate of drug-likeness (QED) is 0.644. The van der Waals surface area contributed by atoms with Crippen LogP contribution in [-0.2, 0) is 0 Å². The van der Waals surface area contributed by atoms with E-state index in [0.717, 1.165) is 5.56 Å². The molecule has 0 aliphatic rings. The summed E-state index contributed by atoms with van der Waals surface area (Å²) in [5, 5.41) is 10.4. The van der Waals surface area contributed by atoms with E-state index in [2.05, 4.69) is 0 Å². The van der Waals surface area contributed by atoms with Crippen molar-refractivity contribution in [2.75, 3.05) is 7.11 Å². The van der Waals surface area contributed by atoms with Gasteiger partial charge in [0.25, 0.3) is 0 Å². The van der Waals surface area contributed by atoms with Crippen LogP contribution in [0.4, 0.5) is 0 Å². The zero-order chi connectivity index (χ0) is 11.9. The van der Waals surface area contributed by atoms with Gasteiger partial charge in [0.2, 0.25) is 0 Å². The average molecular weight is 332 g/mol. The highest BCUT2D eigenvalue weighted by Gasteiger charge is 2.15. The molecule has 16 heavy (non-hydrogen) atoms. The van der Waals surface area contributed by atoms with Crippen molar-refractivity contribution in [1.29, 1.82) is 0 Å². The summed E-state index contributed by atoms with van der Waals surface area (Å²) in [6, 6.07) is 2.93. The number of phenols is 1. The van der Waals surface area contributed by atoms with Crippen LogP contribution < -0.4 is 10.4 Å². The Labute approximate surface area is 105 Å². The molecule has 0 radical (unpaired) electrons. The number of hydrogen-bond donors (Lipinski definition) is 1. The molecule has 0 bridgehead atoms. The summed E-state index contributed by atoms with van der Waals surface area (Å²) in [7, 11) is 1.46. The number of benzene rings is 1. The van der Waals surface area contributed by atoms with Gasteiger partial charge in [0.15, 0.2) is 17.1 Å². The van der Waals surface area contributed by atoms with E-state index in [9.17, 15) is 9.90 Å². The number of hydrogen-bond acceptors (Lipinski definition) is 4. The van der Waals surface area contributed by atoms with E-state index in [1.165, 1.54) is 19.2 Å². The summed E-state index contributed by atoms with van der Waals surface area (Å²) in [5.74, 6) is 0.359. The van der Waals surface area contributed by atoms with Crippen LogP contribution >= 0.6 is 22.6 Å². The van der Waals surface area contributed by atoms with Crippen molar-refractivity contribution in [2.45, 2.75) is 6.92 Å². The van der Waals surface area contributed by atoms with Crippen molar-refractivity contribution < 1.29 is 14.3 Å². The van der Waals surface area contributed by atoms with Crippen LogP contribution in [0, 0.1) is 10.5 Å². The normalized spacial score (nSPS) is 10.7. The maximum absolute atomic E-state index is 11.3. The summed E-state index contributed by atoms with van der Waals surface area (Å²) in [6.45, 7) is 1.79. The Morgan fingerprint density at radius 3 is 2.75 bits per heavy atom. The van der Waals surface area contributed by atoms with E-state index >= 15 is 0 Å². The number of methoxy groups -OCH3 is 1. The Morgan fingerprint density at radius 1 is 1.44 bits per heavy atom. The minimum atomic E-state index is -0.407. The molecule has 0 atom stereocenters. The largest absolute Gasteiger partial charge is 0.504 e. The lowest BCUT2D eigenvalue weighted by atomic mass is 10.1. The van der Waals surface area contributed by atoms with Gasteiger partial charge in [-0.2, -0.15) is 0 Å². The molecule has 2 aromatic rings. The van der Waals surface area contributed by atoms with E-state index < -0.39 is 5.63 Å². The van der Waals surface area contributed by atoms with Crippen LogP contribution in [0.15, 0.2) is 21.3 Å². The fourth-order valence-electron chi connectivity index (χ4n) is 1.57. The number of halogens is 1. The topological polar surface area (TPSA) is 59.7 Å². The molecule has 1 aromatic heterocycles. The lowest BCUT2D eigenvalue weighted by molar-refractivity contribution is 0.370. The minimum absolute atomic E-state index is 0.0383. The van der Waals surface area contributed by atoms with Gasteiger partial charge in [-0.05, 0) is 41.1 Å². The van der Waals surface area contributed by atoms with E-state index in [4.69, 9.17) is 9.15 Å². The molecule has 0 amide bonds. The number of aromatic hydroxyl groups is 1. The molecule has 0 unspecified atom stereocenters. The maximum Gasteiger partial charge on any atom is 0.336 e. The predicted molar refractivity (Wildman–Crippen MR) is 68.2 cm³/mol. The van der Waals surface area contributed by atoms with Gasteiger partial charge in [0.1, 0.15) is 3.57 Å². The summed E-state index contributed by atoms with van der Waals surface area (Å²) in [6.07, 6.45) is 0. The van der Waals surface area contributed by atoms with Crippen molar-refractivity contribution in [3.8, 4) is 11.5 Å². The molecule has 2 rings (SSSR count). The van der Waals surface area contributed by atoms with Gasteiger partial charge < -0.3 is 14.3 Å². The molecule has 5 heteroatoms. The number of ether oxygens (including phenoxy) is 1.